The first kappa shape index (κ1) is 19.6. The van der Waals surface area contributed by atoms with E-state index in [-0.39, 0.29) is 5.82 Å². The van der Waals surface area contributed by atoms with Gasteiger partial charge in [-0.15, -0.1) is 16.4 Å². The van der Waals surface area contributed by atoms with Gasteiger partial charge in [-0.2, -0.15) is 0 Å². The number of carbonyl (C=O) groups excluding carboxylic acids is 1. The molecule has 4 rings (SSSR count). The van der Waals surface area contributed by atoms with Crippen molar-refractivity contribution in [3.63, 3.8) is 0 Å². The standard InChI is InChI=1S/C21H17FN4O3S/c1-28-16-9-8-14(12-17(16)29-2)23-21(27)19-24-20(18-7-4-10-30-18)26(25-19)15-6-3-5-13(22)11-15/h3-12H,1-2H3,(H,23,27). The molecule has 2 aromatic heterocycles. The average molecular weight is 424 g/mol. The van der Waals surface area contributed by atoms with Crippen LogP contribution in [0.2, 0.25) is 0 Å². The smallest absolute Gasteiger partial charge is 0.295 e. The largest absolute Gasteiger partial charge is 0.493 e. The van der Waals surface area contributed by atoms with E-state index in [0.717, 1.165) is 4.88 Å². The van der Waals surface area contributed by atoms with Crippen LogP contribution < -0.4 is 14.8 Å². The first-order chi connectivity index (χ1) is 14.6. The van der Waals surface area contributed by atoms with Crippen LogP contribution >= 0.6 is 11.3 Å². The van der Waals surface area contributed by atoms with Crippen molar-refractivity contribution in [3.05, 3.63) is 71.6 Å². The minimum Gasteiger partial charge on any atom is -0.493 e. The summed E-state index contributed by atoms with van der Waals surface area (Å²) < 4.78 is 25.7. The number of benzene rings is 2. The summed E-state index contributed by atoms with van der Waals surface area (Å²) in [4.78, 5) is 18.0. The Hall–Kier alpha value is -3.72. The Morgan fingerprint density at radius 2 is 1.90 bits per heavy atom. The number of methoxy groups -OCH3 is 2. The van der Waals surface area contributed by atoms with E-state index in [1.807, 2.05) is 17.5 Å². The second-order valence-electron chi connectivity index (χ2n) is 6.15. The van der Waals surface area contributed by atoms with Crippen molar-refractivity contribution in [1.82, 2.24) is 14.8 Å². The minimum absolute atomic E-state index is 0.0440. The lowest BCUT2D eigenvalue weighted by Gasteiger charge is -2.09. The molecule has 0 fully saturated rings. The van der Waals surface area contributed by atoms with Crippen LogP contribution in [-0.2, 0) is 0 Å². The number of aromatic nitrogens is 3. The van der Waals surface area contributed by atoms with Gasteiger partial charge in [0.1, 0.15) is 5.82 Å². The summed E-state index contributed by atoms with van der Waals surface area (Å²) in [6.45, 7) is 0. The summed E-state index contributed by atoms with van der Waals surface area (Å²) in [5.41, 5.74) is 0.966. The van der Waals surface area contributed by atoms with Gasteiger partial charge >= 0.3 is 0 Å². The Morgan fingerprint density at radius 1 is 1.07 bits per heavy atom. The summed E-state index contributed by atoms with van der Waals surface area (Å²) in [6, 6.07) is 14.7. The van der Waals surface area contributed by atoms with Crippen molar-refractivity contribution in [3.8, 4) is 27.9 Å². The molecule has 0 saturated heterocycles. The molecule has 0 radical (unpaired) electrons. The number of amides is 1. The van der Waals surface area contributed by atoms with Crippen LogP contribution in [0.5, 0.6) is 11.5 Å². The first-order valence-electron chi connectivity index (χ1n) is 8.89. The highest BCUT2D eigenvalue weighted by Crippen LogP contribution is 2.30. The molecule has 1 amide bonds. The molecule has 152 valence electrons. The molecule has 4 aromatic rings. The number of carbonyl (C=O) groups is 1. The lowest BCUT2D eigenvalue weighted by molar-refractivity contribution is 0.101. The lowest BCUT2D eigenvalue weighted by atomic mass is 10.2. The number of hydrogen-bond acceptors (Lipinski definition) is 6. The van der Waals surface area contributed by atoms with Gasteiger partial charge < -0.3 is 14.8 Å². The van der Waals surface area contributed by atoms with E-state index >= 15 is 0 Å². The third kappa shape index (κ3) is 3.87. The number of hydrogen-bond donors (Lipinski definition) is 1. The molecular formula is C21H17FN4O3S. The van der Waals surface area contributed by atoms with Gasteiger partial charge in [-0.1, -0.05) is 12.1 Å². The Bertz CT molecular complexity index is 1190. The number of halogens is 1. The number of nitrogens with zero attached hydrogens (tertiary/aromatic N) is 3. The molecule has 2 aromatic carbocycles. The van der Waals surface area contributed by atoms with Crippen molar-refractivity contribution in [2.24, 2.45) is 0 Å². The highest BCUT2D eigenvalue weighted by molar-refractivity contribution is 7.13. The van der Waals surface area contributed by atoms with Gasteiger partial charge in [0.25, 0.3) is 5.91 Å². The molecule has 1 N–H and O–H groups in total. The molecule has 0 atom stereocenters. The van der Waals surface area contributed by atoms with Gasteiger partial charge in [-0.05, 0) is 41.8 Å². The molecule has 0 aliphatic heterocycles. The van der Waals surface area contributed by atoms with Crippen LogP contribution in [0.25, 0.3) is 16.4 Å². The predicted molar refractivity (Wildman–Crippen MR) is 112 cm³/mol. The van der Waals surface area contributed by atoms with E-state index in [0.29, 0.717) is 28.7 Å². The second kappa shape index (κ2) is 8.34. The van der Waals surface area contributed by atoms with Crippen molar-refractivity contribution in [1.29, 1.82) is 0 Å². The van der Waals surface area contributed by atoms with E-state index < -0.39 is 11.7 Å². The fourth-order valence-corrected chi connectivity index (χ4v) is 3.56. The van der Waals surface area contributed by atoms with Crippen LogP contribution in [0.1, 0.15) is 10.6 Å². The summed E-state index contributed by atoms with van der Waals surface area (Å²) in [5, 5.41) is 8.97. The summed E-state index contributed by atoms with van der Waals surface area (Å²) >= 11 is 1.45. The third-order valence-electron chi connectivity index (χ3n) is 4.25. The van der Waals surface area contributed by atoms with Gasteiger partial charge in [-0.25, -0.2) is 14.1 Å². The van der Waals surface area contributed by atoms with E-state index in [1.54, 1.807) is 30.3 Å². The van der Waals surface area contributed by atoms with Gasteiger partial charge in [-0.3, -0.25) is 4.79 Å². The molecule has 0 aliphatic rings. The monoisotopic (exact) mass is 424 g/mol. The molecule has 0 unspecified atom stereocenters. The van der Waals surface area contributed by atoms with E-state index in [1.165, 1.54) is 42.4 Å². The molecule has 0 saturated carbocycles. The Labute approximate surface area is 175 Å². The van der Waals surface area contributed by atoms with Crippen LogP contribution in [0.3, 0.4) is 0 Å². The Kier molecular flexibility index (Phi) is 5.44. The average Bonchev–Trinajstić information content (AvgIpc) is 3.43. The second-order valence-corrected chi connectivity index (χ2v) is 7.10. The lowest BCUT2D eigenvalue weighted by Crippen LogP contribution is -2.14. The maximum Gasteiger partial charge on any atom is 0.295 e. The number of rotatable bonds is 6. The van der Waals surface area contributed by atoms with Gasteiger partial charge in [0.2, 0.25) is 5.82 Å². The molecule has 9 heteroatoms. The fraction of sp³-hybridized carbons (Fsp3) is 0.0952. The van der Waals surface area contributed by atoms with E-state index in [2.05, 4.69) is 15.4 Å². The summed E-state index contributed by atoms with van der Waals surface area (Å²) in [7, 11) is 3.05. The zero-order valence-electron chi connectivity index (χ0n) is 16.1. The van der Waals surface area contributed by atoms with E-state index in [9.17, 15) is 9.18 Å². The fourth-order valence-electron chi connectivity index (χ4n) is 2.86. The Balaban J connectivity index is 1.69. The number of ether oxygens (including phenoxy) is 2. The summed E-state index contributed by atoms with van der Waals surface area (Å²) in [5.74, 6) is 0.522. The van der Waals surface area contributed by atoms with Crippen molar-refractivity contribution < 1.29 is 18.7 Å². The third-order valence-corrected chi connectivity index (χ3v) is 5.11. The van der Waals surface area contributed by atoms with Crippen LogP contribution in [0, 0.1) is 5.82 Å². The molecule has 7 nitrogen and oxygen atoms in total. The van der Waals surface area contributed by atoms with Crippen molar-refractivity contribution in [2.45, 2.75) is 0 Å². The highest BCUT2D eigenvalue weighted by atomic mass is 32.1. The normalized spacial score (nSPS) is 10.6. The van der Waals surface area contributed by atoms with Gasteiger partial charge in [0.05, 0.1) is 24.8 Å². The summed E-state index contributed by atoms with van der Waals surface area (Å²) in [6.07, 6.45) is 0. The zero-order valence-corrected chi connectivity index (χ0v) is 16.9. The van der Waals surface area contributed by atoms with Gasteiger partial charge in [0, 0.05) is 11.8 Å². The molecule has 0 spiro atoms. The quantitative estimate of drug-likeness (QED) is 0.496. The Morgan fingerprint density at radius 3 is 2.60 bits per heavy atom. The maximum atomic E-state index is 13.8. The number of anilines is 1. The van der Waals surface area contributed by atoms with Crippen molar-refractivity contribution in [2.75, 3.05) is 19.5 Å². The molecular weight excluding hydrogens is 407 g/mol. The molecule has 0 bridgehead atoms. The maximum absolute atomic E-state index is 13.8. The number of nitrogens with one attached hydrogen (secondary N) is 1. The highest BCUT2D eigenvalue weighted by Gasteiger charge is 2.20. The first-order valence-corrected chi connectivity index (χ1v) is 9.77. The molecule has 0 aliphatic carbocycles. The van der Waals surface area contributed by atoms with Crippen LogP contribution in [0.15, 0.2) is 60.0 Å². The van der Waals surface area contributed by atoms with Crippen LogP contribution in [-0.4, -0.2) is 34.9 Å². The van der Waals surface area contributed by atoms with Crippen LogP contribution in [0.4, 0.5) is 10.1 Å². The zero-order chi connectivity index (χ0) is 21.1. The van der Waals surface area contributed by atoms with Gasteiger partial charge in [0.15, 0.2) is 17.3 Å². The molecule has 30 heavy (non-hydrogen) atoms. The topological polar surface area (TPSA) is 78.3 Å². The minimum atomic E-state index is -0.504. The van der Waals surface area contributed by atoms with Crippen molar-refractivity contribution >= 4 is 22.9 Å². The molecule has 2 heterocycles. The predicted octanol–water partition coefficient (Wildman–Crippen LogP) is 4.40. The SMILES string of the molecule is COc1ccc(NC(=O)c2nc(-c3cccs3)n(-c3cccc(F)c3)n2)cc1OC. The van der Waals surface area contributed by atoms with E-state index in [4.69, 9.17) is 9.47 Å². The number of thiophene rings is 1.